The van der Waals surface area contributed by atoms with E-state index in [0.717, 1.165) is 5.56 Å². The minimum atomic E-state index is 0.165. The van der Waals surface area contributed by atoms with Gasteiger partial charge in [0.15, 0.2) is 5.11 Å². The summed E-state index contributed by atoms with van der Waals surface area (Å²) in [7, 11) is 0. The van der Waals surface area contributed by atoms with E-state index in [1.165, 1.54) is 10.9 Å². The highest BCUT2D eigenvalue weighted by Gasteiger charge is 2.04. The van der Waals surface area contributed by atoms with E-state index < -0.39 is 0 Å². The van der Waals surface area contributed by atoms with Crippen LogP contribution in [0.5, 0.6) is 0 Å². The number of hydrogen-bond donors (Lipinski definition) is 2. The molecule has 0 spiro atoms. The molecule has 2 aromatic rings. The van der Waals surface area contributed by atoms with Crippen LogP contribution in [-0.2, 0) is 0 Å². The average Bonchev–Trinajstić information content (AvgIpc) is 2.71. The number of benzene rings is 1. The van der Waals surface area contributed by atoms with Crippen molar-refractivity contribution in [2.75, 3.05) is 0 Å². The molecule has 0 radical (unpaired) electrons. The maximum atomic E-state index is 5.30. The van der Waals surface area contributed by atoms with Gasteiger partial charge < -0.3 is 10.3 Å². The van der Waals surface area contributed by atoms with Gasteiger partial charge in [0.1, 0.15) is 0 Å². The van der Waals surface area contributed by atoms with Crippen molar-refractivity contribution in [2.24, 2.45) is 10.8 Å². The van der Waals surface area contributed by atoms with Gasteiger partial charge in [-0.25, -0.2) is 0 Å². The third-order valence-corrected chi connectivity index (χ3v) is 2.78. The maximum absolute atomic E-state index is 5.30. The van der Waals surface area contributed by atoms with Crippen LogP contribution >= 0.6 is 12.2 Å². The molecule has 0 atom stereocenters. The third kappa shape index (κ3) is 2.68. The first-order valence-electron chi connectivity index (χ1n) is 5.77. The predicted molar refractivity (Wildman–Crippen MR) is 79.8 cm³/mol. The van der Waals surface area contributed by atoms with Gasteiger partial charge in [0, 0.05) is 17.8 Å². The van der Waals surface area contributed by atoms with Gasteiger partial charge in [0.25, 0.3) is 0 Å². The minimum absolute atomic E-state index is 0.165. The summed E-state index contributed by atoms with van der Waals surface area (Å²) in [6, 6.07) is 8.74. The molecule has 0 bridgehead atoms. The van der Waals surface area contributed by atoms with Crippen LogP contribution < -0.4 is 11.2 Å². The molecular weight excluding hydrogens is 244 g/mol. The smallest absolute Gasteiger partial charge is 0.184 e. The molecule has 1 heterocycles. The van der Waals surface area contributed by atoms with Gasteiger partial charge in [-0.3, -0.25) is 5.43 Å². The van der Waals surface area contributed by atoms with Gasteiger partial charge in [0.05, 0.1) is 6.21 Å². The Hall–Kier alpha value is -1.88. The lowest BCUT2D eigenvalue weighted by Crippen LogP contribution is -2.23. The quantitative estimate of drug-likeness (QED) is 0.506. The maximum Gasteiger partial charge on any atom is 0.184 e. The van der Waals surface area contributed by atoms with Gasteiger partial charge >= 0.3 is 0 Å². The van der Waals surface area contributed by atoms with Gasteiger partial charge in [-0.15, -0.1) is 0 Å². The number of nitrogens with zero attached hydrogens (tertiary/aromatic N) is 2. The first-order chi connectivity index (χ1) is 8.58. The highest BCUT2D eigenvalue weighted by molar-refractivity contribution is 7.80. The molecule has 18 heavy (non-hydrogen) atoms. The van der Waals surface area contributed by atoms with E-state index in [1.807, 2.05) is 6.07 Å². The molecule has 0 aliphatic heterocycles. The molecule has 0 fully saturated rings. The molecule has 94 valence electrons. The van der Waals surface area contributed by atoms with E-state index in [2.05, 4.69) is 65.6 Å². The number of hydrazone groups is 1. The SMILES string of the molecule is CC(C)n1ccc2ccc(C=NNC(N)=S)cc21. The number of fused-ring (bicyclic) bond motifs is 1. The predicted octanol–water partition coefficient (Wildman–Crippen LogP) is 2.39. The van der Waals surface area contributed by atoms with E-state index in [1.54, 1.807) is 6.21 Å². The van der Waals surface area contributed by atoms with Crippen LogP contribution in [0.2, 0.25) is 0 Å². The summed E-state index contributed by atoms with van der Waals surface area (Å²) >= 11 is 4.68. The molecule has 2 rings (SSSR count). The Balaban J connectivity index is 2.33. The van der Waals surface area contributed by atoms with Gasteiger partial charge in [-0.05, 0) is 49.1 Å². The second-order valence-corrected chi connectivity index (χ2v) is 4.81. The molecule has 0 amide bonds. The zero-order chi connectivity index (χ0) is 13.1. The molecule has 0 unspecified atom stereocenters. The summed E-state index contributed by atoms with van der Waals surface area (Å²) in [6.45, 7) is 4.32. The molecule has 0 saturated heterocycles. The van der Waals surface area contributed by atoms with Crippen LogP contribution in [0, 0.1) is 0 Å². The van der Waals surface area contributed by atoms with Crippen LogP contribution in [0.4, 0.5) is 0 Å². The number of thiocarbonyl (C=S) groups is 1. The Morgan fingerprint density at radius 2 is 2.22 bits per heavy atom. The normalized spacial score (nSPS) is 11.5. The lowest BCUT2D eigenvalue weighted by molar-refractivity contribution is 0.623. The lowest BCUT2D eigenvalue weighted by Gasteiger charge is -2.09. The van der Waals surface area contributed by atoms with Crippen molar-refractivity contribution in [3.8, 4) is 0 Å². The topological polar surface area (TPSA) is 55.3 Å². The minimum Gasteiger partial charge on any atom is -0.375 e. The monoisotopic (exact) mass is 260 g/mol. The fraction of sp³-hybridized carbons (Fsp3) is 0.231. The summed E-state index contributed by atoms with van der Waals surface area (Å²) in [4.78, 5) is 0. The largest absolute Gasteiger partial charge is 0.375 e. The Morgan fingerprint density at radius 1 is 1.44 bits per heavy atom. The summed E-state index contributed by atoms with van der Waals surface area (Å²) in [5, 5.41) is 5.35. The molecule has 1 aromatic carbocycles. The summed E-state index contributed by atoms with van der Waals surface area (Å²) in [5.74, 6) is 0. The van der Waals surface area contributed by atoms with Crippen molar-refractivity contribution >= 4 is 34.4 Å². The summed E-state index contributed by atoms with van der Waals surface area (Å²) in [6.07, 6.45) is 3.81. The molecule has 0 aliphatic rings. The first-order valence-corrected chi connectivity index (χ1v) is 6.18. The van der Waals surface area contributed by atoms with Gasteiger partial charge in [0.2, 0.25) is 0 Å². The van der Waals surface area contributed by atoms with Gasteiger partial charge in [-0.2, -0.15) is 5.10 Å². The lowest BCUT2D eigenvalue weighted by atomic mass is 10.2. The number of nitrogens with two attached hydrogens (primary N) is 1. The molecule has 0 aliphatic carbocycles. The number of rotatable bonds is 3. The molecule has 5 heteroatoms. The number of aromatic nitrogens is 1. The first kappa shape index (κ1) is 12.6. The standard InChI is InChI=1S/C13H16N4S/c1-9(2)17-6-5-11-4-3-10(7-12(11)17)8-15-16-13(14)18/h3-9H,1-2H3,(H3,14,16,18). The van der Waals surface area contributed by atoms with E-state index in [-0.39, 0.29) is 5.11 Å². The van der Waals surface area contributed by atoms with Gasteiger partial charge in [-0.1, -0.05) is 12.1 Å². The summed E-state index contributed by atoms with van der Waals surface area (Å²) < 4.78 is 2.23. The number of nitrogens with one attached hydrogen (secondary N) is 1. The molecule has 1 aromatic heterocycles. The zero-order valence-corrected chi connectivity index (χ0v) is 11.2. The Kier molecular flexibility index (Phi) is 3.62. The zero-order valence-electron chi connectivity index (χ0n) is 10.4. The Bertz CT molecular complexity index is 598. The van der Waals surface area contributed by atoms with Crippen molar-refractivity contribution in [1.29, 1.82) is 0 Å². The highest BCUT2D eigenvalue weighted by atomic mass is 32.1. The van der Waals surface area contributed by atoms with E-state index >= 15 is 0 Å². The van der Waals surface area contributed by atoms with E-state index in [4.69, 9.17) is 5.73 Å². The molecule has 3 N–H and O–H groups in total. The van der Waals surface area contributed by atoms with Crippen LogP contribution in [-0.4, -0.2) is 15.9 Å². The molecule has 0 saturated carbocycles. The Labute approximate surface area is 111 Å². The van der Waals surface area contributed by atoms with E-state index in [9.17, 15) is 0 Å². The second-order valence-electron chi connectivity index (χ2n) is 4.37. The van der Waals surface area contributed by atoms with Crippen LogP contribution in [0.15, 0.2) is 35.6 Å². The Morgan fingerprint density at radius 3 is 2.89 bits per heavy atom. The van der Waals surface area contributed by atoms with Crippen LogP contribution in [0.3, 0.4) is 0 Å². The number of hydrogen-bond acceptors (Lipinski definition) is 2. The fourth-order valence-corrected chi connectivity index (χ4v) is 1.92. The third-order valence-electron chi connectivity index (χ3n) is 2.69. The summed E-state index contributed by atoms with van der Waals surface area (Å²) in [5.41, 5.74) is 10.0. The van der Waals surface area contributed by atoms with Crippen molar-refractivity contribution < 1.29 is 0 Å². The molecule has 4 nitrogen and oxygen atoms in total. The van der Waals surface area contributed by atoms with Crippen molar-refractivity contribution in [3.05, 3.63) is 36.0 Å². The average molecular weight is 260 g/mol. The van der Waals surface area contributed by atoms with Crippen LogP contribution in [0.25, 0.3) is 10.9 Å². The van der Waals surface area contributed by atoms with E-state index in [0.29, 0.717) is 6.04 Å². The second kappa shape index (κ2) is 5.18. The van der Waals surface area contributed by atoms with Crippen molar-refractivity contribution in [2.45, 2.75) is 19.9 Å². The fourth-order valence-electron chi connectivity index (χ4n) is 1.87. The van der Waals surface area contributed by atoms with Crippen molar-refractivity contribution in [3.63, 3.8) is 0 Å². The van der Waals surface area contributed by atoms with Crippen LogP contribution in [0.1, 0.15) is 25.5 Å². The van der Waals surface area contributed by atoms with Crippen molar-refractivity contribution in [1.82, 2.24) is 9.99 Å². The highest BCUT2D eigenvalue weighted by Crippen LogP contribution is 2.20. The molecular formula is C13H16N4S.